The number of rotatable bonds is 11. The first kappa shape index (κ1) is 37.7. The number of fused-ring (bicyclic) bond motifs is 4. The lowest BCUT2D eigenvalue weighted by atomic mass is 9.82. The Balaban J connectivity index is 1.41. The average Bonchev–Trinajstić information content (AvgIpc) is 3.84. The molecule has 1 N–H and O–H groups in total. The van der Waals surface area contributed by atoms with Crippen molar-refractivity contribution in [3.05, 3.63) is 82.9 Å². The van der Waals surface area contributed by atoms with Gasteiger partial charge >= 0.3 is 0 Å². The third kappa shape index (κ3) is 7.56. The summed E-state index contributed by atoms with van der Waals surface area (Å²) in [6.45, 7) is 27.3. The third-order valence-corrected chi connectivity index (χ3v) is 12.6. The predicted molar refractivity (Wildman–Crippen MR) is 209 cm³/mol. The van der Waals surface area contributed by atoms with Crippen molar-refractivity contribution in [2.75, 3.05) is 47.5 Å². The molecule has 6 aliphatic rings. The van der Waals surface area contributed by atoms with Gasteiger partial charge in [0, 0.05) is 32.2 Å². The van der Waals surface area contributed by atoms with Gasteiger partial charge in [0.05, 0.1) is 42.6 Å². The second-order valence-electron chi connectivity index (χ2n) is 16.4. The summed E-state index contributed by atoms with van der Waals surface area (Å²) < 4.78 is 19.1. The van der Waals surface area contributed by atoms with E-state index in [0.717, 1.165) is 75.7 Å². The van der Waals surface area contributed by atoms with Crippen LogP contribution in [0.5, 0.6) is 0 Å². The zero-order chi connectivity index (χ0) is 36.6. The van der Waals surface area contributed by atoms with E-state index in [1.54, 1.807) is 7.11 Å². The van der Waals surface area contributed by atoms with E-state index < -0.39 is 0 Å². The molecule has 0 bridgehead atoms. The number of ether oxygens (including phenoxy) is 3. The van der Waals surface area contributed by atoms with Gasteiger partial charge in [-0.1, -0.05) is 51.2 Å². The second-order valence-corrected chi connectivity index (χ2v) is 16.4. The van der Waals surface area contributed by atoms with E-state index in [1.807, 2.05) is 0 Å². The van der Waals surface area contributed by atoms with Crippen LogP contribution in [0.2, 0.25) is 0 Å². The topological polar surface area (TPSA) is 61.8 Å². The van der Waals surface area contributed by atoms with E-state index in [0.29, 0.717) is 31.1 Å². The van der Waals surface area contributed by atoms with Crippen LogP contribution in [0.3, 0.4) is 0 Å². The van der Waals surface area contributed by atoms with Gasteiger partial charge in [0.2, 0.25) is 0 Å². The van der Waals surface area contributed by atoms with E-state index >= 15 is 0 Å². The van der Waals surface area contributed by atoms with Gasteiger partial charge in [-0.3, -0.25) is 9.80 Å². The van der Waals surface area contributed by atoms with E-state index in [4.69, 9.17) is 19.2 Å². The zero-order valence-electron chi connectivity index (χ0n) is 32.9. The SMILES string of the molecule is C=C(C)CC1(COC2=NC(/C(C)=C/C(C)=C3\C(CC)=CCC\C3=C\C(=C)OC)C3C(=C)OCC4CNC(CCC)CN4C3N2C)CC2CC2N1C. The molecule has 0 spiro atoms. The molecular weight excluding hydrogens is 635 g/mol. The quantitative estimate of drug-likeness (QED) is 0.177. The highest BCUT2D eigenvalue weighted by molar-refractivity contribution is 5.76. The maximum absolute atomic E-state index is 7.01. The monoisotopic (exact) mass is 700 g/mol. The number of likely N-dealkylation sites (tertiary alicyclic amines) is 1. The van der Waals surface area contributed by atoms with Crippen molar-refractivity contribution in [2.45, 2.75) is 122 Å². The molecule has 3 saturated heterocycles. The molecule has 0 aromatic carbocycles. The molecule has 1 saturated carbocycles. The van der Waals surface area contributed by atoms with Crippen molar-refractivity contribution in [1.82, 2.24) is 20.0 Å². The van der Waals surface area contributed by atoms with Crippen molar-refractivity contribution >= 4 is 6.02 Å². The molecule has 8 heteroatoms. The first-order valence-corrected chi connectivity index (χ1v) is 19.5. The smallest absolute Gasteiger partial charge is 0.289 e. The van der Waals surface area contributed by atoms with Gasteiger partial charge in [0.1, 0.15) is 19.0 Å². The number of piperazine rings is 1. The van der Waals surface area contributed by atoms with Crippen molar-refractivity contribution in [2.24, 2.45) is 16.8 Å². The summed E-state index contributed by atoms with van der Waals surface area (Å²) in [7, 11) is 6.15. The van der Waals surface area contributed by atoms with Crippen LogP contribution >= 0.6 is 0 Å². The summed E-state index contributed by atoms with van der Waals surface area (Å²) in [5.41, 5.74) is 7.54. The van der Waals surface area contributed by atoms with Gasteiger partial charge in [-0.25, -0.2) is 4.99 Å². The number of likely N-dealkylation sites (N-methyl/N-ethyl adjacent to an activating group) is 1. The van der Waals surface area contributed by atoms with Crippen LogP contribution < -0.4 is 5.32 Å². The molecule has 4 aliphatic heterocycles. The second kappa shape index (κ2) is 15.5. The standard InChI is InChI=1S/C43H65N5O3/c1-12-15-35-24-48-36(23-44-35)25-50-31(8)39-40(29(6)18-28(5)38-32(13-2)16-14-17-33(38)19-30(7)49-11)45-42(46(9)41(39)48)51-26-43(21-27(3)4)22-34-20-37(34)47(43)10/h16,18-19,34-37,39-41,44H,3,7-8,12-15,17,20-26H2,1-2,4-6,9-11H3/b29-18+,33-19-,38-28+. The summed E-state index contributed by atoms with van der Waals surface area (Å²) >= 11 is 0. The van der Waals surface area contributed by atoms with Crippen molar-refractivity contribution in [3.63, 3.8) is 0 Å². The molecule has 4 fully saturated rings. The molecule has 0 aromatic rings. The van der Waals surface area contributed by atoms with Crippen molar-refractivity contribution < 1.29 is 14.2 Å². The molecule has 2 aliphatic carbocycles. The number of piperidine rings is 1. The van der Waals surface area contributed by atoms with Gasteiger partial charge in [0.25, 0.3) is 6.02 Å². The number of methoxy groups -OCH3 is 1. The van der Waals surface area contributed by atoms with Crippen LogP contribution in [-0.4, -0.2) is 104 Å². The average molecular weight is 700 g/mol. The molecule has 51 heavy (non-hydrogen) atoms. The minimum atomic E-state index is -0.187. The Bertz CT molecular complexity index is 1540. The minimum Gasteiger partial charge on any atom is -0.497 e. The normalized spacial score (nSPS) is 35.9. The molecule has 280 valence electrons. The molecule has 8 nitrogen and oxygen atoms in total. The maximum atomic E-state index is 7.01. The molecule has 0 radical (unpaired) electrons. The van der Waals surface area contributed by atoms with Gasteiger partial charge in [-0.15, -0.1) is 6.58 Å². The van der Waals surface area contributed by atoms with Crippen LogP contribution in [0.15, 0.2) is 87.9 Å². The van der Waals surface area contributed by atoms with E-state index in [2.05, 4.69) is 107 Å². The molecule has 8 unspecified atom stereocenters. The summed E-state index contributed by atoms with van der Waals surface area (Å²) in [5.74, 6) is 2.22. The number of aliphatic imine (C=N–C) groups is 1. The minimum absolute atomic E-state index is 0.00771. The van der Waals surface area contributed by atoms with Crippen LogP contribution in [-0.2, 0) is 14.2 Å². The number of nitrogens with one attached hydrogen (secondary N) is 1. The highest BCUT2D eigenvalue weighted by Crippen LogP contribution is 2.54. The Morgan fingerprint density at radius 3 is 2.65 bits per heavy atom. The number of hydrogen-bond acceptors (Lipinski definition) is 8. The highest BCUT2D eigenvalue weighted by atomic mass is 16.5. The predicted octanol–water partition coefficient (Wildman–Crippen LogP) is 7.51. The van der Waals surface area contributed by atoms with Crippen LogP contribution in [0.4, 0.5) is 0 Å². The number of hydrogen-bond donors (Lipinski definition) is 1. The Kier molecular flexibility index (Phi) is 11.4. The molecule has 0 amide bonds. The fourth-order valence-electron chi connectivity index (χ4n) is 9.95. The summed E-state index contributed by atoms with van der Waals surface area (Å²) in [5, 5.41) is 3.82. The summed E-state index contributed by atoms with van der Waals surface area (Å²) in [6, 6.07) is 1.88. The fraction of sp³-hybridized carbons (Fsp3) is 0.651. The first-order chi connectivity index (χ1) is 24.4. The lowest BCUT2D eigenvalue weighted by molar-refractivity contribution is -0.0178. The van der Waals surface area contributed by atoms with Crippen molar-refractivity contribution in [1.29, 1.82) is 0 Å². The first-order valence-electron chi connectivity index (χ1n) is 19.5. The largest absolute Gasteiger partial charge is 0.497 e. The molecule has 4 heterocycles. The Hall–Kier alpha value is -3.07. The number of amidine groups is 1. The number of allylic oxidation sites excluding steroid dienone is 7. The van der Waals surface area contributed by atoms with Crippen molar-refractivity contribution in [3.8, 4) is 0 Å². The maximum Gasteiger partial charge on any atom is 0.289 e. The molecule has 6 rings (SSSR count). The van der Waals surface area contributed by atoms with E-state index in [9.17, 15) is 0 Å². The number of nitrogens with zero attached hydrogens (tertiary/aromatic N) is 4. The lowest BCUT2D eigenvalue weighted by Crippen LogP contribution is -2.67. The van der Waals surface area contributed by atoms with E-state index in [-0.39, 0.29) is 29.7 Å². The van der Waals surface area contributed by atoms with Crippen LogP contribution in [0.25, 0.3) is 0 Å². The molecule has 8 atom stereocenters. The zero-order valence-corrected chi connectivity index (χ0v) is 32.9. The van der Waals surface area contributed by atoms with E-state index in [1.165, 1.54) is 39.9 Å². The van der Waals surface area contributed by atoms with Crippen LogP contribution in [0.1, 0.15) is 86.0 Å². The summed E-state index contributed by atoms with van der Waals surface area (Å²) in [4.78, 5) is 13.1. The van der Waals surface area contributed by atoms with Gasteiger partial charge in [-0.2, -0.15) is 0 Å². The van der Waals surface area contributed by atoms with Gasteiger partial charge in [0.15, 0.2) is 0 Å². The Morgan fingerprint density at radius 2 is 1.98 bits per heavy atom. The lowest BCUT2D eigenvalue weighted by Gasteiger charge is -2.51. The summed E-state index contributed by atoms with van der Waals surface area (Å²) in [6.07, 6.45) is 15.5. The molecule has 0 aromatic heterocycles. The third-order valence-electron chi connectivity index (χ3n) is 12.6. The molecular formula is C43H65N5O3. The van der Waals surface area contributed by atoms with Gasteiger partial charge < -0.3 is 24.4 Å². The Labute approximate surface area is 308 Å². The van der Waals surface area contributed by atoms with Gasteiger partial charge in [-0.05, 0) is 113 Å². The van der Waals surface area contributed by atoms with Crippen LogP contribution in [0, 0.1) is 11.8 Å². The highest BCUT2D eigenvalue weighted by Gasteiger charge is 2.58. The fourth-order valence-corrected chi connectivity index (χ4v) is 9.95. The Morgan fingerprint density at radius 1 is 1.20 bits per heavy atom.